The van der Waals surface area contributed by atoms with Gasteiger partial charge in [0, 0.05) is 19.6 Å². The molecule has 110 valence electrons. The van der Waals surface area contributed by atoms with E-state index in [-0.39, 0.29) is 11.9 Å². The van der Waals surface area contributed by atoms with Gasteiger partial charge in [-0.05, 0) is 18.4 Å². The molecule has 0 radical (unpaired) electrons. The van der Waals surface area contributed by atoms with Crippen LogP contribution < -0.4 is 5.32 Å². The van der Waals surface area contributed by atoms with Gasteiger partial charge in [0.05, 0.1) is 19.3 Å². The van der Waals surface area contributed by atoms with Crippen molar-refractivity contribution in [2.24, 2.45) is 0 Å². The van der Waals surface area contributed by atoms with Crippen LogP contribution in [0.3, 0.4) is 0 Å². The van der Waals surface area contributed by atoms with Crippen LogP contribution in [-0.4, -0.2) is 49.7 Å². The van der Waals surface area contributed by atoms with Crippen molar-refractivity contribution in [3.8, 4) is 0 Å². The standard InChI is InChI=1S/C16H24N2O2/c1-13(15-6-4-3-5-7-15)12-17-16(19)14(2)18-8-10-20-11-9-18/h3-7,13-14H,8-12H2,1-2H3,(H,17,19). The molecule has 1 fully saturated rings. The number of hydrogen-bond acceptors (Lipinski definition) is 3. The number of hydrogen-bond donors (Lipinski definition) is 1. The molecular formula is C16H24N2O2. The van der Waals surface area contributed by atoms with Gasteiger partial charge < -0.3 is 10.1 Å². The Hall–Kier alpha value is -1.39. The molecule has 1 saturated heterocycles. The fourth-order valence-electron chi connectivity index (χ4n) is 2.43. The first-order valence-electron chi connectivity index (χ1n) is 7.33. The van der Waals surface area contributed by atoms with E-state index in [1.165, 1.54) is 5.56 Å². The maximum Gasteiger partial charge on any atom is 0.237 e. The average Bonchev–Trinajstić information content (AvgIpc) is 2.53. The van der Waals surface area contributed by atoms with E-state index in [1.54, 1.807) is 0 Å². The summed E-state index contributed by atoms with van der Waals surface area (Å²) in [5, 5.41) is 3.06. The maximum atomic E-state index is 12.2. The highest BCUT2D eigenvalue weighted by Gasteiger charge is 2.23. The van der Waals surface area contributed by atoms with Gasteiger partial charge in [-0.3, -0.25) is 9.69 Å². The highest BCUT2D eigenvalue weighted by Crippen LogP contribution is 2.13. The van der Waals surface area contributed by atoms with E-state index >= 15 is 0 Å². The summed E-state index contributed by atoms with van der Waals surface area (Å²) in [6, 6.07) is 10.2. The Morgan fingerprint density at radius 1 is 1.25 bits per heavy atom. The van der Waals surface area contributed by atoms with Crippen LogP contribution in [-0.2, 0) is 9.53 Å². The van der Waals surface area contributed by atoms with Crippen LogP contribution in [0.25, 0.3) is 0 Å². The van der Waals surface area contributed by atoms with Crippen molar-refractivity contribution < 1.29 is 9.53 Å². The van der Waals surface area contributed by atoms with Gasteiger partial charge >= 0.3 is 0 Å². The third-order valence-corrected chi connectivity index (χ3v) is 3.92. The lowest BCUT2D eigenvalue weighted by atomic mass is 10.0. The fraction of sp³-hybridized carbons (Fsp3) is 0.562. The molecule has 0 bridgehead atoms. The van der Waals surface area contributed by atoms with Crippen molar-refractivity contribution >= 4 is 5.91 Å². The van der Waals surface area contributed by atoms with Gasteiger partial charge in [-0.25, -0.2) is 0 Å². The number of nitrogens with zero attached hydrogens (tertiary/aromatic N) is 1. The molecule has 0 aliphatic carbocycles. The van der Waals surface area contributed by atoms with E-state index < -0.39 is 0 Å². The number of ether oxygens (including phenoxy) is 1. The normalized spacial score (nSPS) is 19.3. The minimum atomic E-state index is -0.0816. The fourth-order valence-corrected chi connectivity index (χ4v) is 2.43. The zero-order valence-corrected chi connectivity index (χ0v) is 12.3. The molecule has 0 aromatic heterocycles. The van der Waals surface area contributed by atoms with Crippen LogP contribution in [0.5, 0.6) is 0 Å². The van der Waals surface area contributed by atoms with Gasteiger partial charge in [0.15, 0.2) is 0 Å². The predicted molar refractivity (Wildman–Crippen MR) is 79.7 cm³/mol. The first-order valence-corrected chi connectivity index (χ1v) is 7.33. The van der Waals surface area contributed by atoms with Crippen LogP contribution >= 0.6 is 0 Å². The number of rotatable bonds is 5. The first kappa shape index (κ1) is 15.0. The molecular weight excluding hydrogens is 252 g/mol. The lowest BCUT2D eigenvalue weighted by molar-refractivity contribution is -0.127. The molecule has 4 heteroatoms. The summed E-state index contributed by atoms with van der Waals surface area (Å²) in [6.45, 7) is 7.89. The van der Waals surface area contributed by atoms with Gasteiger partial charge in [0.1, 0.15) is 0 Å². The summed E-state index contributed by atoms with van der Waals surface area (Å²) >= 11 is 0. The third-order valence-electron chi connectivity index (χ3n) is 3.92. The summed E-state index contributed by atoms with van der Waals surface area (Å²) in [7, 11) is 0. The van der Waals surface area contributed by atoms with Crippen molar-refractivity contribution in [2.75, 3.05) is 32.8 Å². The Labute approximate surface area is 121 Å². The molecule has 1 aliphatic heterocycles. The molecule has 2 unspecified atom stereocenters. The van der Waals surface area contributed by atoms with Crippen LogP contribution in [0.4, 0.5) is 0 Å². The van der Waals surface area contributed by atoms with Gasteiger partial charge in [0.2, 0.25) is 5.91 Å². The van der Waals surface area contributed by atoms with Gasteiger partial charge in [-0.15, -0.1) is 0 Å². The van der Waals surface area contributed by atoms with E-state index in [2.05, 4.69) is 29.3 Å². The lowest BCUT2D eigenvalue weighted by Gasteiger charge is -2.31. The molecule has 2 atom stereocenters. The average molecular weight is 276 g/mol. The predicted octanol–water partition coefficient (Wildman–Crippen LogP) is 1.63. The zero-order chi connectivity index (χ0) is 14.4. The van der Waals surface area contributed by atoms with Crippen molar-refractivity contribution in [3.63, 3.8) is 0 Å². The topological polar surface area (TPSA) is 41.6 Å². The second kappa shape index (κ2) is 7.41. The summed E-state index contributed by atoms with van der Waals surface area (Å²) < 4.78 is 5.31. The maximum absolute atomic E-state index is 12.2. The number of morpholine rings is 1. The number of carbonyl (C=O) groups is 1. The Morgan fingerprint density at radius 2 is 1.90 bits per heavy atom. The van der Waals surface area contributed by atoms with E-state index in [9.17, 15) is 4.79 Å². The molecule has 2 rings (SSSR count). The number of amides is 1. The smallest absolute Gasteiger partial charge is 0.237 e. The van der Waals surface area contributed by atoms with E-state index in [4.69, 9.17) is 4.74 Å². The molecule has 1 amide bonds. The summed E-state index contributed by atoms with van der Waals surface area (Å²) in [5.41, 5.74) is 1.26. The molecule has 0 saturated carbocycles. The summed E-state index contributed by atoms with van der Waals surface area (Å²) in [5.74, 6) is 0.437. The van der Waals surface area contributed by atoms with E-state index in [0.29, 0.717) is 12.5 Å². The molecule has 1 N–H and O–H groups in total. The largest absolute Gasteiger partial charge is 0.379 e. The third kappa shape index (κ3) is 4.05. The molecule has 1 aromatic carbocycles. The lowest BCUT2D eigenvalue weighted by Crippen LogP contribution is -2.50. The second-order valence-corrected chi connectivity index (χ2v) is 5.38. The minimum absolute atomic E-state index is 0.0816. The van der Waals surface area contributed by atoms with Gasteiger partial charge in [0.25, 0.3) is 0 Å². The monoisotopic (exact) mass is 276 g/mol. The molecule has 0 spiro atoms. The number of nitrogens with one attached hydrogen (secondary N) is 1. The van der Waals surface area contributed by atoms with E-state index in [0.717, 1.165) is 26.3 Å². The van der Waals surface area contributed by atoms with Gasteiger partial charge in [-0.2, -0.15) is 0 Å². The van der Waals surface area contributed by atoms with Crippen LogP contribution in [0, 0.1) is 0 Å². The molecule has 1 heterocycles. The van der Waals surface area contributed by atoms with Gasteiger partial charge in [-0.1, -0.05) is 37.3 Å². The highest BCUT2D eigenvalue weighted by molar-refractivity contribution is 5.81. The molecule has 1 aromatic rings. The molecule has 4 nitrogen and oxygen atoms in total. The van der Waals surface area contributed by atoms with Crippen molar-refractivity contribution in [1.82, 2.24) is 10.2 Å². The Balaban J connectivity index is 1.79. The van der Waals surface area contributed by atoms with Crippen molar-refractivity contribution in [2.45, 2.75) is 25.8 Å². The van der Waals surface area contributed by atoms with E-state index in [1.807, 2.05) is 25.1 Å². The SMILES string of the molecule is CC(CNC(=O)C(C)N1CCOCC1)c1ccccc1. The minimum Gasteiger partial charge on any atom is -0.379 e. The quantitative estimate of drug-likeness (QED) is 0.888. The Bertz CT molecular complexity index is 416. The summed E-state index contributed by atoms with van der Waals surface area (Å²) in [6.07, 6.45) is 0. The van der Waals surface area contributed by atoms with Crippen LogP contribution in [0.1, 0.15) is 25.3 Å². The first-order chi connectivity index (χ1) is 9.68. The molecule has 1 aliphatic rings. The highest BCUT2D eigenvalue weighted by atomic mass is 16.5. The second-order valence-electron chi connectivity index (χ2n) is 5.38. The Kier molecular flexibility index (Phi) is 5.56. The van der Waals surface area contributed by atoms with Crippen LogP contribution in [0.2, 0.25) is 0 Å². The molecule has 20 heavy (non-hydrogen) atoms. The van der Waals surface area contributed by atoms with Crippen molar-refractivity contribution in [3.05, 3.63) is 35.9 Å². The van der Waals surface area contributed by atoms with Crippen LogP contribution in [0.15, 0.2) is 30.3 Å². The summed E-state index contributed by atoms with van der Waals surface area (Å²) in [4.78, 5) is 14.4. The zero-order valence-electron chi connectivity index (χ0n) is 12.3. The Morgan fingerprint density at radius 3 is 2.55 bits per heavy atom. The van der Waals surface area contributed by atoms with Crippen molar-refractivity contribution in [1.29, 1.82) is 0 Å². The number of benzene rings is 1. The number of carbonyl (C=O) groups excluding carboxylic acids is 1.